The van der Waals surface area contributed by atoms with Gasteiger partial charge in [-0.3, -0.25) is 0 Å². The zero-order valence-corrected chi connectivity index (χ0v) is 9.08. The van der Waals surface area contributed by atoms with E-state index in [0.717, 1.165) is 31.3 Å². The topological polar surface area (TPSA) is 34.4 Å². The van der Waals surface area contributed by atoms with E-state index in [1.54, 1.807) is 0 Å². The number of nitrogens with one attached hydrogen (secondary N) is 1. The fraction of sp³-hybridized carbons (Fsp3) is 0.667. The first-order valence-corrected chi connectivity index (χ1v) is 5.69. The highest BCUT2D eigenvalue weighted by atomic mass is 16.5. The summed E-state index contributed by atoms with van der Waals surface area (Å²) in [5.41, 5.74) is 0.116. The largest absolute Gasteiger partial charge is 0.466 e. The molecule has 1 aromatic heterocycles. The summed E-state index contributed by atoms with van der Waals surface area (Å²) in [5, 5.41) is 3.57. The predicted molar refractivity (Wildman–Crippen MR) is 57.0 cm³/mol. The SMILES string of the molecule is Cc1ccc(C2(C3CCCN3)COC2)o1. The van der Waals surface area contributed by atoms with Crippen molar-refractivity contribution in [3.8, 4) is 0 Å². The molecule has 2 aliphatic rings. The van der Waals surface area contributed by atoms with Gasteiger partial charge < -0.3 is 14.5 Å². The monoisotopic (exact) mass is 207 g/mol. The number of hydrogen-bond donors (Lipinski definition) is 1. The molecule has 3 nitrogen and oxygen atoms in total. The Labute approximate surface area is 89.8 Å². The minimum Gasteiger partial charge on any atom is -0.466 e. The van der Waals surface area contributed by atoms with Gasteiger partial charge >= 0.3 is 0 Å². The summed E-state index contributed by atoms with van der Waals surface area (Å²) in [7, 11) is 0. The second-order valence-electron chi connectivity index (χ2n) is 4.71. The van der Waals surface area contributed by atoms with Gasteiger partial charge in [0.05, 0.1) is 18.6 Å². The standard InChI is InChI=1S/C12H17NO2/c1-9-4-5-11(15-9)12(7-14-8-12)10-3-2-6-13-10/h4-5,10,13H,2-3,6-8H2,1H3. The summed E-state index contributed by atoms with van der Waals surface area (Å²) in [4.78, 5) is 0. The first kappa shape index (κ1) is 9.43. The fourth-order valence-corrected chi connectivity index (χ4v) is 2.70. The molecular formula is C12H17NO2. The molecule has 3 rings (SSSR count). The Bertz CT molecular complexity index is 348. The quantitative estimate of drug-likeness (QED) is 0.800. The average molecular weight is 207 g/mol. The van der Waals surface area contributed by atoms with E-state index in [1.165, 1.54) is 12.8 Å². The van der Waals surface area contributed by atoms with Crippen LogP contribution in [0.4, 0.5) is 0 Å². The van der Waals surface area contributed by atoms with Gasteiger partial charge in [0.2, 0.25) is 0 Å². The van der Waals surface area contributed by atoms with E-state index >= 15 is 0 Å². The van der Waals surface area contributed by atoms with Crippen LogP contribution < -0.4 is 5.32 Å². The predicted octanol–water partition coefficient (Wildman–Crippen LogP) is 1.61. The number of ether oxygens (including phenoxy) is 1. The Hall–Kier alpha value is -0.800. The Morgan fingerprint density at radius 2 is 2.27 bits per heavy atom. The molecule has 0 amide bonds. The van der Waals surface area contributed by atoms with Gasteiger partial charge in [-0.15, -0.1) is 0 Å². The molecule has 0 spiro atoms. The lowest BCUT2D eigenvalue weighted by Crippen LogP contribution is -2.58. The molecule has 2 fully saturated rings. The van der Waals surface area contributed by atoms with Crippen molar-refractivity contribution in [1.29, 1.82) is 0 Å². The second kappa shape index (κ2) is 3.35. The van der Waals surface area contributed by atoms with Gasteiger partial charge in [0.1, 0.15) is 11.5 Å². The van der Waals surface area contributed by atoms with Crippen molar-refractivity contribution in [3.63, 3.8) is 0 Å². The number of aryl methyl sites for hydroxylation is 1. The van der Waals surface area contributed by atoms with Gasteiger partial charge in [-0.25, -0.2) is 0 Å². The van der Waals surface area contributed by atoms with E-state index in [9.17, 15) is 0 Å². The van der Waals surface area contributed by atoms with Gasteiger partial charge in [0.25, 0.3) is 0 Å². The maximum atomic E-state index is 5.78. The van der Waals surface area contributed by atoms with E-state index in [2.05, 4.69) is 11.4 Å². The summed E-state index contributed by atoms with van der Waals surface area (Å²) < 4.78 is 11.2. The van der Waals surface area contributed by atoms with Crippen molar-refractivity contribution in [2.24, 2.45) is 0 Å². The van der Waals surface area contributed by atoms with Crippen molar-refractivity contribution < 1.29 is 9.15 Å². The van der Waals surface area contributed by atoms with Gasteiger partial charge in [0.15, 0.2) is 0 Å². The Balaban J connectivity index is 1.91. The lowest BCUT2D eigenvalue weighted by Gasteiger charge is -2.44. The first-order valence-electron chi connectivity index (χ1n) is 5.69. The molecule has 15 heavy (non-hydrogen) atoms. The van der Waals surface area contributed by atoms with Gasteiger partial charge in [-0.2, -0.15) is 0 Å². The van der Waals surface area contributed by atoms with E-state index in [0.29, 0.717) is 6.04 Å². The third-order valence-corrected chi connectivity index (χ3v) is 3.68. The van der Waals surface area contributed by atoms with Crippen LogP contribution in [0.25, 0.3) is 0 Å². The second-order valence-corrected chi connectivity index (χ2v) is 4.71. The van der Waals surface area contributed by atoms with Crippen LogP contribution in [0.2, 0.25) is 0 Å². The minimum atomic E-state index is 0.116. The van der Waals surface area contributed by atoms with E-state index in [4.69, 9.17) is 9.15 Å². The van der Waals surface area contributed by atoms with Crippen LogP contribution >= 0.6 is 0 Å². The Kier molecular flexibility index (Phi) is 2.11. The number of furan rings is 1. The average Bonchev–Trinajstić information content (AvgIpc) is 2.75. The lowest BCUT2D eigenvalue weighted by atomic mass is 9.75. The third kappa shape index (κ3) is 1.34. The fourth-order valence-electron chi connectivity index (χ4n) is 2.70. The molecular weight excluding hydrogens is 190 g/mol. The molecule has 0 bridgehead atoms. The van der Waals surface area contributed by atoms with Crippen molar-refractivity contribution in [2.45, 2.75) is 31.2 Å². The smallest absolute Gasteiger partial charge is 0.116 e. The Morgan fingerprint density at radius 1 is 1.40 bits per heavy atom. The maximum Gasteiger partial charge on any atom is 0.116 e. The van der Waals surface area contributed by atoms with Crippen LogP contribution in [-0.2, 0) is 10.2 Å². The normalized spacial score (nSPS) is 29.0. The van der Waals surface area contributed by atoms with Gasteiger partial charge in [0, 0.05) is 6.04 Å². The third-order valence-electron chi connectivity index (χ3n) is 3.68. The van der Waals surface area contributed by atoms with Crippen molar-refractivity contribution >= 4 is 0 Å². The lowest BCUT2D eigenvalue weighted by molar-refractivity contribution is -0.0861. The molecule has 0 aliphatic carbocycles. The maximum absolute atomic E-state index is 5.78. The summed E-state index contributed by atoms with van der Waals surface area (Å²) in [6.07, 6.45) is 2.51. The molecule has 0 saturated carbocycles. The highest BCUT2D eigenvalue weighted by Gasteiger charge is 2.50. The molecule has 2 aliphatic heterocycles. The highest BCUT2D eigenvalue weighted by molar-refractivity contribution is 5.24. The summed E-state index contributed by atoms with van der Waals surface area (Å²) in [6, 6.07) is 4.69. The Morgan fingerprint density at radius 3 is 2.73 bits per heavy atom. The van der Waals surface area contributed by atoms with E-state index < -0.39 is 0 Å². The van der Waals surface area contributed by atoms with Crippen LogP contribution in [-0.4, -0.2) is 25.8 Å². The van der Waals surface area contributed by atoms with Crippen LogP contribution in [0.15, 0.2) is 16.5 Å². The molecule has 3 heterocycles. The molecule has 0 radical (unpaired) electrons. The van der Waals surface area contributed by atoms with Crippen molar-refractivity contribution in [1.82, 2.24) is 5.32 Å². The number of rotatable bonds is 2. The van der Waals surface area contributed by atoms with Crippen LogP contribution in [0, 0.1) is 6.92 Å². The van der Waals surface area contributed by atoms with Gasteiger partial charge in [-0.1, -0.05) is 0 Å². The molecule has 3 heteroatoms. The van der Waals surface area contributed by atoms with Crippen LogP contribution in [0.5, 0.6) is 0 Å². The summed E-state index contributed by atoms with van der Waals surface area (Å²) in [6.45, 7) is 4.74. The van der Waals surface area contributed by atoms with Crippen LogP contribution in [0.1, 0.15) is 24.4 Å². The summed E-state index contributed by atoms with van der Waals surface area (Å²) >= 11 is 0. The van der Waals surface area contributed by atoms with E-state index in [-0.39, 0.29) is 5.41 Å². The zero-order chi connectivity index (χ0) is 10.3. The minimum absolute atomic E-state index is 0.116. The number of hydrogen-bond acceptors (Lipinski definition) is 3. The summed E-state index contributed by atoms with van der Waals surface area (Å²) in [5.74, 6) is 2.10. The van der Waals surface area contributed by atoms with Gasteiger partial charge in [-0.05, 0) is 38.4 Å². The molecule has 1 unspecified atom stereocenters. The molecule has 82 valence electrons. The molecule has 1 atom stereocenters. The molecule has 1 aromatic rings. The van der Waals surface area contributed by atoms with Crippen LogP contribution in [0.3, 0.4) is 0 Å². The zero-order valence-electron chi connectivity index (χ0n) is 9.08. The van der Waals surface area contributed by atoms with Crippen molar-refractivity contribution in [2.75, 3.05) is 19.8 Å². The first-order chi connectivity index (χ1) is 7.31. The molecule has 1 N–H and O–H groups in total. The highest BCUT2D eigenvalue weighted by Crippen LogP contribution is 2.39. The molecule has 2 saturated heterocycles. The van der Waals surface area contributed by atoms with Crippen molar-refractivity contribution in [3.05, 3.63) is 23.7 Å². The molecule has 0 aromatic carbocycles. The van der Waals surface area contributed by atoms with E-state index in [1.807, 2.05) is 13.0 Å².